The summed E-state index contributed by atoms with van der Waals surface area (Å²) in [6.45, 7) is 5.71. The zero-order valence-electron chi connectivity index (χ0n) is 13.1. The highest BCUT2D eigenvalue weighted by Crippen LogP contribution is 2.21. The highest BCUT2D eigenvalue weighted by molar-refractivity contribution is 5.43. The van der Waals surface area contributed by atoms with E-state index < -0.39 is 0 Å². The number of aryl methyl sites for hydroxylation is 1. The van der Waals surface area contributed by atoms with Gasteiger partial charge in [-0.15, -0.1) is 0 Å². The summed E-state index contributed by atoms with van der Waals surface area (Å²) >= 11 is 0. The second-order valence-corrected chi connectivity index (χ2v) is 5.35. The number of quaternary nitrogens is 1. The van der Waals surface area contributed by atoms with Crippen molar-refractivity contribution in [2.75, 3.05) is 59.8 Å². The second-order valence-electron chi connectivity index (χ2n) is 5.35. The highest BCUT2D eigenvalue weighted by Gasteiger charge is 2.24. The van der Waals surface area contributed by atoms with Gasteiger partial charge in [0.25, 0.3) is 0 Å². The van der Waals surface area contributed by atoms with Crippen molar-refractivity contribution in [2.45, 2.75) is 6.92 Å². The Morgan fingerprint density at radius 1 is 0.857 bits per heavy atom. The minimum absolute atomic E-state index is 0.0495. The van der Waals surface area contributed by atoms with Crippen LogP contribution in [0.1, 0.15) is 5.56 Å². The Labute approximate surface area is 127 Å². The molecule has 0 amide bonds. The molecule has 21 heavy (non-hydrogen) atoms. The first-order chi connectivity index (χ1) is 10.1. The lowest BCUT2D eigenvalue weighted by Gasteiger charge is -2.34. The van der Waals surface area contributed by atoms with Crippen molar-refractivity contribution < 1.29 is 19.7 Å². The fourth-order valence-corrected chi connectivity index (χ4v) is 2.14. The van der Waals surface area contributed by atoms with Gasteiger partial charge in [-0.05, 0) is 19.1 Å². The van der Waals surface area contributed by atoms with Crippen LogP contribution in [0.5, 0.6) is 0 Å². The first kappa shape index (κ1) is 18.1. The average Bonchev–Trinajstić information content (AvgIpc) is 2.49. The van der Waals surface area contributed by atoms with Gasteiger partial charge in [-0.2, -0.15) is 0 Å². The molecular weight excluding hydrogens is 270 g/mol. The van der Waals surface area contributed by atoms with Crippen LogP contribution < -0.4 is 4.48 Å². The Bertz CT molecular complexity index is 368. The number of hydrogen-bond donors (Lipinski definition) is 2. The number of likely N-dealkylation sites (N-methyl/N-ethyl adjacent to an activating group) is 1. The third-order valence-electron chi connectivity index (χ3n) is 3.59. The molecule has 1 aromatic carbocycles. The number of nitrogens with zero attached hydrogens (tertiary/aromatic N) is 1. The van der Waals surface area contributed by atoms with Crippen LogP contribution in [0.2, 0.25) is 0 Å². The third-order valence-corrected chi connectivity index (χ3v) is 3.59. The molecule has 120 valence electrons. The summed E-state index contributed by atoms with van der Waals surface area (Å²) in [5.74, 6) is 0. The largest absolute Gasteiger partial charge is 0.394 e. The van der Waals surface area contributed by atoms with Crippen molar-refractivity contribution in [1.82, 2.24) is 4.48 Å². The molecule has 0 saturated carbocycles. The van der Waals surface area contributed by atoms with E-state index in [1.807, 2.05) is 0 Å². The average molecular weight is 298 g/mol. The third kappa shape index (κ3) is 6.54. The van der Waals surface area contributed by atoms with Crippen LogP contribution in [0.25, 0.3) is 0 Å². The van der Waals surface area contributed by atoms with Gasteiger partial charge in [-0.3, -0.25) is 4.48 Å². The first-order valence-corrected chi connectivity index (χ1v) is 7.41. The first-order valence-electron chi connectivity index (χ1n) is 7.41. The molecule has 0 radical (unpaired) electrons. The van der Waals surface area contributed by atoms with E-state index in [2.05, 4.69) is 38.2 Å². The summed E-state index contributed by atoms with van der Waals surface area (Å²) < 4.78 is 11.5. The minimum Gasteiger partial charge on any atom is -0.394 e. The predicted octanol–water partition coefficient (Wildman–Crippen LogP) is 0.950. The molecule has 2 N–H and O–H groups in total. The highest BCUT2D eigenvalue weighted by atomic mass is 16.5. The summed E-state index contributed by atoms with van der Waals surface area (Å²) in [7, 11) is 2.15. The number of benzene rings is 1. The predicted molar refractivity (Wildman–Crippen MR) is 84.4 cm³/mol. The van der Waals surface area contributed by atoms with Gasteiger partial charge in [0, 0.05) is 0 Å². The Balaban J connectivity index is 2.65. The van der Waals surface area contributed by atoms with Gasteiger partial charge in [-0.1, -0.05) is 17.7 Å². The number of rotatable bonds is 11. The van der Waals surface area contributed by atoms with E-state index in [0.717, 1.165) is 13.1 Å². The van der Waals surface area contributed by atoms with Gasteiger partial charge in [0.2, 0.25) is 0 Å². The van der Waals surface area contributed by atoms with Crippen molar-refractivity contribution in [3.63, 3.8) is 0 Å². The van der Waals surface area contributed by atoms with Crippen LogP contribution in [-0.4, -0.2) is 70.0 Å². The quantitative estimate of drug-likeness (QED) is 0.472. The van der Waals surface area contributed by atoms with Crippen LogP contribution in [0.3, 0.4) is 0 Å². The number of ether oxygens (including phenoxy) is 2. The SMILES string of the molecule is Cc1ccc([N+](C)(CCOCCO)CCOCCO)cc1. The van der Waals surface area contributed by atoms with E-state index in [-0.39, 0.29) is 13.2 Å². The number of hydrogen-bond acceptors (Lipinski definition) is 4. The van der Waals surface area contributed by atoms with Crippen LogP contribution in [0, 0.1) is 6.92 Å². The van der Waals surface area contributed by atoms with Crippen LogP contribution in [0.15, 0.2) is 24.3 Å². The Morgan fingerprint density at radius 3 is 1.76 bits per heavy atom. The van der Waals surface area contributed by atoms with Crippen molar-refractivity contribution in [1.29, 1.82) is 0 Å². The van der Waals surface area contributed by atoms with Gasteiger partial charge in [-0.25, -0.2) is 0 Å². The molecule has 0 saturated heterocycles. The summed E-state index contributed by atoms with van der Waals surface area (Å²) in [5.41, 5.74) is 2.44. The molecule has 0 fully saturated rings. The van der Waals surface area contributed by atoms with E-state index in [1.54, 1.807) is 0 Å². The summed E-state index contributed by atoms with van der Waals surface area (Å²) in [6.07, 6.45) is 0. The maximum absolute atomic E-state index is 8.77. The molecule has 0 aliphatic heterocycles. The standard InChI is InChI=1S/C16H28NO4/c1-15-3-5-16(6-4-15)17(2,7-11-20-13-9-18)8-12-21-14-10-19/h3-6,18-19H,7-14H2,1-2H3/q+1. The smallest absolute Gasteiger partial charge is 0.132 e. The van der Waals surface area contributed by atoms with Crippen molar-refractivity contribution >= 4 is 5.69 Å². The summed E-state index contributed by atoms with van der Waals surface area (Å²) in [6, 6.07) is 8.48. The Hall–Kier alpha value is -0.980. The Kier molecular flexibility index (Phi) is 8.49. The molecule has 0 aromatic heterocycles. The normalized spacial score (nSPS) is 11.8. The fraction of sp³-hybridized carbons (Fsp3) is 0.625. The van der Waals surface area contributed by atoms with E-state index in [0.29, 0.717) is 30.9 Å². The van der Waals surface area contributed by atoms with E-state index in [1.165, 1.54) is 11.3 Å². The molecule has 1 aromatic rings. The van der Waals surface area contributed by atoms with Crippen molar-refractivity contribution in [2.24, 2.45) is 0 Å². The molecule has 0 aliphatic rings. The number of aliphatic hydroxyl groups excluding tert-OH is 2. The van der Waals surface area contributed by atoms with Gasteiger partial charge in [0.1, 0.15) is 18.8 Å². The summed E-state index contributed by atoms with van der Waals surface area (Å²) in [5, 5.41) is 17.5. The molecular formula is C16H28NO4+. The lowest BCUT2D eigenvalue weighted by molar-refractivity contribution is 0.0588. The minimum atomic E-state index is 0.0495. The summed E-state index contributed by atoms with van der Waals surface area (Å²) in [4.78, 5) is 0. The fourth-order valence-electron chi connectivity index (χ4n) is 2.14. The lowest BCUT2D eigenvalue weighted by Crippen LogP contribution is -2.50. The van der Waals surface area contributed by atoms with E-state index >= 15 is 0 Å². The van der Waals surface area contributed by atoms with E-state index in [9.17, 15) is 0 Å². The molecule has 5 heteroatoms. The maximum Gasteiger partial charge on any atom is 0.132 e. The topological polar surface area (TPSA) is 58.9 Å². The molecule has 5 nitrogen and oxygen atoms in total. The van der Waals surface area contributed by atoms with Crippen LogP contribution >= 0.6 is 0 Å². The van der Waals surface area contributed by atoms with E-state index in [4.69, 9.17) is 19.7 Å². The molecule has 0 heterocycles. The van der Waals surface area contributed by atoms with Gasteiger partial charge < -0.3 is 19.7 Å². The van der Waals surface area contributed by atoms with Crippen LogP contribution in [-0.2, 0) is 9.47 Å². The van der Waals surface area contributed by atoms with Crippen molar-refractivity contribution in [3.8, 4) is 0 Å². The second kappa shape index (κ2) is 9.87. The van der Waals surface area contributed by atoms with Gasteiger partial charge in [0.15, 0.2) is 0 Å². The molecule has 0 spiro atoms. The molecule has 0 bridgehead atoms. The maximum atomic E-state index is 8.77. The zero-order valence-corrected chi connectivity index (χ0v) is 13.1. The molecule has 1 rings (SSSR count). The molecule has 0 atom stereocenters. The van der Waals surface area contributed by atoms with Crippen molar-refractivity contribution in [3.05, 3.63) is 29.8 Å². The Morgan fingerprint density at radius 2 is 1.33 bits per heavy atom. The lowest BCUT2D eigenvalue weighted by atomic mass is 10.2. The van der Waals surface area contributed by atoms with Crippen LogP contribution in [0.4, 0.5) is 5.69 Å². The molecule has 0 unspecified atom stereocenters. The van der Waals surface area contributed by atoms with Gasteiger partial charge in [0.05, 0.1) is 46.7 Å². The number of aliphatic hydroxyl groups is 2. The monoisotopic (exact) mass is 298 g/mol. The zero-order chi connectivity index (χ0) is 15.6. The molecule has 0 aliphatic carbocycles. The van der Waals surface area contributed by atoms with Gasteiger partial charge >= 0.3 is 0 Å².